The first-order valence-corrected chi connectivity index (χ1v) is 10.2. The fourth-order valence-electron chi connectivity index (χ4n) is 5.76. The highest BCUT2D eigenvalue weighted by Crippen LogP contribution is 2.46. The molecule has 0 spiro atoms. The molecule has 0 radical (unpaired) electrons. The predicted molar refractivity (Wildman–Crippen MR) is 96.1 cm³/mol. The SMILES string of the molecule is FC1CCC(c2nc3c(c4c2CCC4)C2=C(CCCC2)CC3)CC1. The lowest BCUT2D eigenvalue weighted by Gasteiger charge is -2.31. The molecule has 2 heteroatoms. The Balaban J connectivity index is 1.61. The summed E-state index contributed by atoms with van der Waals surface area (Å²) in [7, 11) is 0. The average Bonchev–Trinajstić information content (AvgIpc) is 3.11. The molecule has 1 saturated carbocycles. The molecule has 1 fully saturated rings. The molecular weight excluding hydrogens is 297 g/mol. The first kappa shape index (κ1) is 15.1. The first-order chi connectivity index (χ1) is 11.8. The second kappa shape index (κ2) is 5.97. The second-order valence-corrected chi connectivity index (χ2v) is 8.37. The minimum Gasteiger partial charge on any atom is -0.257 e. The maximum absolute atomic E-state index is 13.6. The highest BCUT2D eigenvalue weighted by Gasteiger charge is 2.33. The van der Waals surface area contributed by atoms with Crippen molar-refractivity contribution < 1.29 is 4.39 Å². The Morgan fingerprint density at radius 3 is 2.42 bits per heavy atom. The number of aromatic nitrogens is 1. The number of halogens is 1. The second-order valence-electron chi connectivity index (χ2n) is 8.37. The fraction of sp³-hybridized carbons (Fsp3) is 0.682. The van der Waals surface area contributed by atoms with Gasteiger partial charge in [-0.15, -0.1) is 0 Å². The van der Waals surface area contributed by atoms with Crippen molar-refractivity contribution in [1.82, 2.24) is 4.98 Å². The number of alkyl halides is 1. The number of rotatable bonds is 1. The molecule has 24 heavy (non-hydrogen) atoms. The third kappa shape index (κ3) is 2.36. The van der Waals surface area contributed by atoms with Crippen LogP contribution < -0.4 is 0 Å². The van der Waals surface area contributed by atoms with Crippen LogP contribution in [-0.2, 0) is 19.3 Å². The van der Waals surface area contributed by atoms with Gasteiger partial charge in [0.25, 0.3) is 0 Å². The summed E-state index contributed by atoms with van der Waals surface area (Å²) in [5, 5.41) is 0. The van der Waals surface area contributed by atoms with E-state index in [0.717, 1.165) is 32.1 Å². The van der Waals surface area contributed by atoms with Crippen LogP contribution in [-0.4, -0.2) is 11.2 Å². The van der Waals surface area contributed by atoms with Crippen LogP contribution in [0.1, 0.15) is 98.2 Å². The number of allylic oxidation sites excluding steroid dienone is 2. The van der Waals surface area contributed by atoms with E-state index in [1.807, 2.05) is 0 Å². The minimum absolute atomic E-state index is 0.524. The molecule has 0 bridgehead atoms. The van der Waals surface area contributed by atoms with Gasteiger partial charge in [0.05, 0.1) is 0 Å². The van der Waals surface area contributed by atoms with Gasteiger partial charge in [0.2, 0.25) is 0 Å². The molecule has 1 aromatic heterocycles. The number of pyridine rings is 1. The van der Waals surface area contributed by atoms with Gasteiger partial charge < -0.3 is 0 Å². The van der Waals surface area contributed by atoms with Crippen molar-refractivity contribution >= 4 is 5.57 Å². The van der Waals surface area contributed by atoms with E-state index in [4.69, 9.17) is 4.98 Å². The third-order valence-electron chi connectivity index (χ3n) is 6.96. The lowest BCUT2D eigenvalue weighted by atomic mass is 9.76. The third-order valence-corrected chi connectivity index (χ3v) is 6.96. The van der Waals surface area contributed by atoms with Crippen molar-refractivity contribution in [2.24, 2.45) is 0 Å². The molecule has 1 aromatic rings. The molecule has 0 saturated heterocycles. The molecule has 5 rings (SSSR count). The normalized spacial score (nSPS) is 29.2. The molecule has 0 N–H and O–H groups in total. The van der Waals surface area contributed by atoms with Crippen LogP contribution in [0.5, 0.6) is 0 Å². The van der Waals surface area contributed by atoms with E-state index in [1.54, 1.807) is 27.8 Å². The molecule has 1 heterocycles. The lowest BCUT2D eigenvalue weighted by Crippen LogP contribution is -2.20. The smallest absolute Gasteiger partial charge is 0.100 e. The Hall–Kier alpha value is -1.18. The minimum atomic E-state index is -0.568. The van der Waals surface area contributed by atoms with Gasteiger partial charge in [-0.2, -0.15) is 0 Å². The molecular formula is C22H28FN. The van der Waals surface area contributed by atoms with Gasteiger partial charge in [-0.1, -0.05) is 5.57 Å². The molecule has 1 nitrogen and oxygen atoms in total. The average molecular weight is 325 g/mol. The van der Waals surface area contributed by atoms with Gasteiger partial charge in [-0.3, -0.25) is 4.98 Å². The summed E-state index contributed by atoms with van der Waals surface area (Å²) in [5.41, 5.74) is 11.0. The van der Waals surface area contributed by atoms with Crippen LogP contribution in [0.25, 0.3) is 5.57 Å². The van der Waals surface area contributed by atoms with Gasteiger partial charge >= 0.3 is 0 Å². The lowest BCUT2D eigenvalue weighted by molar-refractivity contribution is 0.233. The van der Waals surface area contributed by atoms with E-state index in [2.05, 4.69) is 0 Å². The van der Waals surface area contributed by atoms with Crippen LogP contribution in [0.15, 0.2) is 5.57 Å². The highest BCUT2D eigenvalue weighted by atomic mass is 19.1. The molecule has 0 atom stereocenters. The largest absolute Gasteiger partial charge is 0.257 e. The van der Waals surface area contributed by atoms with Gasteiger partial charge in [0.1, 0.15) is 6.17 Å². The maximum Gasteiger partial charge on any atom is 0.100 e. The fourth-order valence-corrected chi connectivity index (χ4v) is 5.76. The number of aryl methyl sites for hydroxylation is 1. The van der Waals surface area contributed by atoms with Crippen molar-refractivity contribution in [1.29, 1.82) is 0 Å². The molecule has 4 aliphatic rings. The maximum atomic E-state index is 13.6. The number of hydrogen-bond acceptors (Lipinski definition) is 1. The number of fused-ring (bicyclic) bond motifs is 4. The van der Waals surface area contributed by atoms with Gasteiger partial charge in [0.15, 0.2) is 0 Å². The zero-order valence-electron chi connectivity index (χ0n) is 14.7. The predicted octanol–water partition coefficient (Wildman–Crippen LogP) is 5.84. The van der Waals surface area contributed by atoms with E-state index < -0.39 is 6.17 Å². The Labute approximate surface area is 144 Å². The van der Waals surface area contributed by atoms with Crippen LogP contribution in [0.3, 0.4) is 0 Å². The summed E-state index contributed by atoms with van der Waals surface area (Å²) >= 11 is 0. The molecule has 0 aromatic carbocycles. The molecule has 0 aliphatic heterocycles. The van der Waals surface area contributed by atoms with E-state index in [9.17, 15) is 4.39 Å². The van der Waals surface area contributed by atoms with Gasteiger partial charge in [-0.05, 0) is 100 Å². The first-order valence-electron chi connectivity index (χ1n) is 10.2. The summed E-state index contributed by atoms with van der Waals surface area (Å²) in [6.07, 6.45) is 14.4. The standard InChI is InChI=1S/C22H28FN/c23-16-11-8-15(9-12-16)22-19-7-3-6-18(19)21-17-5-2-1-4-14(17)10-13-20(21)24-22/h15-16H,1-13H2. The van der Waals surface area contributed by atoms with Crippen LogP contribution in [0.4, 0.5) is 4.39 Å². The van der Waals surface area contributed by atoms with E-state index in [0.29, 0.717) is 5.92 Å². The number of nitrogens with zero attached hydrogens (tertiary/aromatic N) is 1. The van der Waals surface area contributed by atoms with E-state index >= 15 is 0 Å². The quantitative estimate of drug-likeness (QED) is 0.632. The van der Waals surface area contributed by atoms with Crippen molar-refractivity contribution in [2.75, 3.05) is 0 Å². The summed E-state index contributed by atoms with van der Waals surface area (Å²) in [4.78, 5) is 5.27. The summed E-state index contributed by atoms with van der Waals surface area (Å²) in [6, 6.07) is 0. The zero-order chi connectivity index (χ0) is 16.1. The van der Waals surface area contributed by atoms with Gasteiger partial charge in [0, 0.05) is 22.9 Å². The van der Waals surface area contributed by atoms with Crippen molar-refractivity contribution in [3.63, 3.8) is 0 Å². The Kier molecular flexibility index (Phi) is 3.75. The Bertz CT molecular complexity index is 694. The summed E-state index contributed by atoms with van der Waals surface area (Å²) in [6.45, 7) is 0. The van der Waals surface area contributed by atoms with Crippen molar-refractivity contribution in [3.05, 3.63) is 33.7 Å². The topological polar surface area (TPSA) is 12.9 Å². The van der Waals surface area contributed by atoms with Crippen LogP contribution in [0.2, 0.25) is 0 Å². The Morgan fingerprint density at radius 1 is 0.750 bits per heavy atom. The van der Waals surface area contributed by atoms with Crippen LogP contribution >= 0.6 is 0 Å². The summed E-state index contributed by atoms with van der Waals surface area (Å²) < 4.78 is 13.6. The van der Waals surface area contributed by atoms with Gasteiger partial charge in [-0.25, -0.2) is 4.39 Å². The Morgan fingerprint density at radius 2 is 1.54 bits per heavy atom. The van der Waals surface area contributed by atoms with Crippen molar-refractivity contribution in [2.45, 2.75) is 95.6 Å². The van der Waals surface area contributed by atoms with Crippen LogP contribution in [0, 0.1) is 0 Å². The van der Waals surface area contributed by atoms with E-state index in [1.165, 1.54) is 62.8 Å². The van der Waals surface area contributed by atoms with E-state index in [-0.39, 0.29) is 0 Å². The molecule has 4 aliphatic carbocycles. The highest BCUT2D eigenvalue weighted by molar-refractivity contribution is 5.76. The summed E-state index contributed by atoms with van der Waals surface area (Å²) in [5.74, 6) is 0.524. The monoisotopic (exact) mass is 325 g/mol. The van der Waals surface area contributed by atoms with Crippen molar-refractivity contribution in [3.8, 4) is 0 Å². The molecule has 0 amide bonds. The molecule has 128 valence electrons. The number of hydrogen-bond donors (Lipinski definition) is 0. The molecule has 0 unspecified atom stereocenters. The zero-order valence-corrected chi connectivity index (χ0v) is 14.7.